The molecule has 2 fully saturated rings. The zero-order chi connectivity index (χ0) is 24.5. The second kappa shape index (κ2) is 9.96. The first-order valence-electron chi connectivity index (χ1n) is 13.1. The van der Waals surface area contributed by atoms with Crippen molar-refractivity contribution in [2.24, 2.45) is 0 Å². The van der Waals surface area contributed by atoms with Gasteiger partial charge in [0.15, 0.2) is 0 Å². The van der Waals surface area contributed by atoms with Gasteiger partial charge in [-0.2, -0.15) is 0 Å². The van der Waals surface area contributed by atoms with Crippen LogP contribution >= 0.6 is 0 Å². The molecule has 0 N–H and O–H groups in total. The summed E-state index contributed by atoms with van der Waals surface area (Å²) >= 11 is 0. The minimum absolute atomic E-state index is 0.623. The molecule has 2 aromatic heterocycles. The van der Waals surface area contributed by atoms with Crippen molar-refractivity contribution in [2.45, 2.75) is 51.9 Å². The van der Waals surface area contributed by atoms with Gasteiger partial charge in [-0.05, 0) is 62.1 Å². The summed E-state index contributed by atoms with van der Waals surface area (Å²) in [6.07, 6.45) is 6.52. The molecule has 4 heteroatoms. The van der Waals surface area contributed by atoms with Gasteiger partial charge in [0, 0.05) is 61.8 Å². The van der Waals surface area contributed by atoms with Gasteiger partial charge in [0.05, 0.1) is 11.4 Å². The van der Waals surface area contributed by atoms with Crippen LogP contribution in [-0.4, -0.2) is 44.9 Å². The van der Waals surface area contributed by atoms with E-state index < -0.39 is 0 Å². The van der Waals surface area contributed by atoms with Crippen molar-refractivity contribution in [3.63, 3.8) is 0 Å². The van der Waals surface area contributed by atoms with E-state index in [1.807, 2.05) is 12.4 Å². The molecule has 0 spiro atoms. The summed E-state index contributed by atoms with van der Waals surface area (Å²) in [4.78, 5) is 14.7. The Bertz CT molecular complexity index is 1320. The molecule has 2 bridgehead atoms. The first-order valence-corrected chi connectivity index (χ1v) is 13.1. The van der Waals surface area contributed by atoms with Crippen molar-refractivity contribution < 1.29 is 0 Å². The highest BCUT2D eigenvalue weighted by Crippen LogP contribution is 2.33. The lowest BCUT2D eigenvalue weighted by atomic mass is 10.1. The van der Waals surface area contributed by atoms with Gasteiger partial charge in [-0.25, -0.2) is 0 Å². The SMILES string of the molecule is Cc1ccc(-c2cc(CN3C[C@H]4CC[C@@H](C3)N4Cc3ccnc(-c4ccc(C)cc4)c3)ccn2)cc1. The maximum Gasteiger partial charge on any atom is 0.0705 e. The van der Waals surface area contributed by atoms with Gasteiger partial charge in [-0.15, -0.1) is 0 Å². The van der Waals surface area contributed by atoms with Crippen LogP contribution in [0.4, 0.5) is 0 Å². The van der Waals surface area contributed by atoms with E-state index in [0.29, 0.717) is 12.1 Å². The molecule has 4 nitrogen and oxygen atoms in total. The van der Waals surface area contributed by atoms with Crippen LogP contribution in [0, 0.1) is 13.8 Å². The van der Waals surface area contributed by atoms with Crippen LogP contribution in [0.25, 0.3) is 22.5 Å². The number of hydrogen-bond acceptors (Lipinski definition) is 4. The van der Waals surface area contributed by atoms with Crippen molar-refractivity contribution in [1.29, 1.82) is 0 Å². The lowest BCUT2D eigenvalue weighted by Crippen LogP contribution is -2.52. The minimum atomic E-state index is 0.623. The number of benzene rings is 2. The minimum Gasteiger partial charge on any atom is -0.296 e. The molecule has 2 aliphatic heterocycles. The molecule has 0 unspecified atom stereocenters. The number of fused-ring (bicyclic) bond motifs is 2. The van der Waals surface area contributed by atoms with Crippen LogP contribution in [0.2, 0.25) is 0 Å². The fourth-order valence-corrected chi connectivity index (χ4v) is 5.84. The number of hydrogen-bond donors (Lipinski definition) is 0. The first-order chi connectivity index (χ1) is 17.6. The summed E-state index contributed by atoms with van der Waals surface area (Å²) in [6.45, 7) is 8.52. The van der Waals surface area contributed by atoms with Gasteiger partial charge in [-0.3, -0.25) is 19.8 Å². The zero-order valence-electron chi connectivity index (χ0n) is 21.3. The first kappa shape index (κ1) is 23.1. The Morgan fingerprint density at radius 3 is 1.61 bits per heavy atom. The Kier molecular flexibility index (Phi) is 6.39. The molecule has 2 aliphatic rings. The molecule has 36 heavy (non-hydrogen) atoms. The van der Waals surface area contributed by atoms with Crippen LogP contribution in [0.3, 0.4) is 0 Å². The molecule has 2 saturated heterocycles. The van der Waals surface area contributed by atoms with Gasteiger partial charge in [0.25, 0.3) is 0 Å². The number of aromatic nitrogens is 2. The summed E-state index contributed by atoms with van der Waals surface area (Å²) in [5, 5.41) is 0. The maximum atomic E-state index is 4.65. The molecular weight excluding hydrogens is 440 g/mol. The second-order valence-corrected chi connectivity index (χ2v) is 10.6. The number of pyridine rings is 2. The lowest BCUT2D eigenvalue weighted by molar-refractivity contribution is 0.0567. The highest BCUT2D eigenvalue weighted by Gasteiger charge is 2.39. The van der Waals surface area contributed by atoms with Crippen molar-refractivity contribution in [1.82, 2.24) is 19.8 Å². The van der Waals surface area contributed by atoms with Crippen LogP contribution in [0.5, 0.6) is 0 Å². The highest BCUT2D eigenvalue weighted by atomic mass is 15.3. The van der Waals surface area contributed by atoms with Gasteiger partial charge in [-0.1, -0.05) is 59.7 Å². The number of likely N-dealkylation sites (tertiary alicyclic amines) is 1. The Hall–Kier alpha value is -3.34. The predicted octanol–water partition coefficient (Wildman–Crippen LogP) is 6.28. The molecule has 0 amide bonds. The van der Waals surface area contributed by atoms with E-state index in [9.17, 15) is 0 Å². The molecule has 6 rings (SSSR count). The van der Waals surface area contributed by atoms with E-state index in [1.54, 1.807) is 0 Å². The molecule has 0 radical (unpaired) electrons. The molecule has 0 aliphatic carbocycles. The summed E-state index contributed by atoms with van der Waals surface area (Å²) in [7, 11) is 0. The van der Waals surface area contributed by atoms with E-state index in [0.717, 1.165) is 37.6 Å². The third kappa shape index (κ3) is 4.97. The average molecular weight is 475 g/mol. The molecule has 182 valence electrons. The summed E-state index contributed by atoms with van der Waals surface area (Å²) < 4.78 is 0. The fourth-order valence-electron chi connectivity index (χ4n) is 5.84. The monoisotopic (exact) mass is 474 g/mol. The Balaban J connectivity index is 1.12. The summed E-state index contributed by atoms with van der Waals surface area (Å²) in [6, 6.07) is 27.5. The third-order valence-electron chi connectivity index (χ3n) is 7.82. The van der Waals surface area contributed by atoms with Crippen LogP contribution in [0.1, 0.15) is 35.1 Å². The zero-order valence-corrected chi connectivity index (χ0v) is 21.3. The normalized spacial score (nSPS) is 20.1. The van der Waals surface area contributed by atoms with Crippen molar-refractivity contribution in [3.05, 3.63) is 107 Å². The van der Waals surface area contributed by atoms with Crippen molar-refractivity contribution in [2.75, 3.05) is 13.1 Å². The molecule has 2 aromatic carbocycles. The van der Waals surface area contributed by atoms with Gasteiger partial charge in [0.1, 0.15) is 0 Å². The molecule has 4 heterocycles. The third-order valence-corrected chi connectivity index (χ3v) is 7.82. The van der Waals surface area contributed by atoms with Crippen LogP contribution in [0.15, 0.2) is 85.2 Å². The molecule has 0 saturated carbocycles. The molecular formula is C32H34N4. The van der Waals surface area contributed by atoms with Crippen LogP contribution in [-0.2, 0) is 13.1 Å². The van der Waals surface area contributed by atoms with Gasteiger partial charge in [0.2, 0.25) is 0 Å². The number of nitrogens with zero attached hydrogens (tertiary/aromatic N) is 4. The second-order valence-electron chi connectivity index (χ2n) is 10.6. The highest BCUT2D eigenvalue weighted by molar-refractivity contribution is 5.60. The van der Waals surface area contributed by atoms with Crippen LogP contribution < -0.4 is 0 Å². The molecule has 2 atom stereocenters. The number of piperazine rings is 1. The predicted molar refractivity (Wildman–Crippen MR) is 146 cm³/mol. The average Bonchev–Trinajstić information content (AvgIpc) is 3.12. The number of aryl methyl sites for hydroxylation is 2. The smallest absolute Gasteiger partial charge is 0.0705 e. The van der Waals surface area contributed by atoms with E-state index >= 15 is 0 Å². The summed E-state index contributed by atoms with van der Waals surface area (Å²) in [5.74, 6) is 0. The lowest BCUT2D eigenvalue weighted by Gasteiger charge is -2.41. The van der Waals surface area contributed by atoms with Gasteiger partial charge < -0.3 is 0 Å². The quantitative estimate of drug-likeness (QED) is 0.329. The fraction of sp³-hybridized carbons (Fsp3) is 0.312. The van der Waals surface area contributed by atoms with E-state index in [4.69, 9.17) is 0 Å². The Morgan fingerprint density at radius 1 is 0.639 bits per heavy atom. The van der Waals surface area contributed by atoms with E-state index in [1.165, 1.54) is 46.2 Å². The largest absolute Gasteiger partial charge is 0.296 e. The maximum absolute atomic E-state index is 4.65. The van der Waals surface area contributed by atoms with E-state index in [-0.39, 0.29) is 0 Å². The topological polar surface area (TPSA) is 32.3 Å². The van der Waals surface area contributed by atoms with Gasteiger partial charge >= 0.3 is 0 Å². The van der Waals surface area contributed by atoms with Crippen molar-refractivity contribution in [3.8, 4) is 22.5 Å². The molecule has 4 aromatic rings. The summed E-state index contributed by atoms with van der Waals surface area (Å²) in [5.41, 5.74) is 9.79. The Labute approximate surface area is 214 Å². The number of rotatable bonds is 6. The van der Waals surface area contributed by atoms with Crippen molar-refractivity contribution >= 4 is 0 Å². The standard InChI is InChI=1S/C32H34N4/c1-23-3-7-27(8-4-23)31-17-25(13-15-33-31)19-35-21-29-11-12-30(22-35)36(29)20-26-14-16-34-32(18-26)28-9-5-24(2)6-10-28/h3-10,13-18,29-30H,11-12,19-22H2,1-2H3/t29-,30+. The Morgan fingerprint density at radius 2 is 1.11 bits per heavy atom. The van der Waals surface area contributed by atoms with E-state index in [2.05, 4.69) is 106 Å².